The van der Waals surface area contributed by atoms with E-state index < -0.39 is 0 Å². The molecule has 116 valence electrons. The third-order valence-electron chi connectivity index (χ3n) is 3.37. The first-order valence-electron chi connectivity index (χ1n) is 7.52. The quantitative estimate of drug-likeness (QED) is 0.875. The van der Waals surface area contributed by atoms with Crippen molar-refractivity contribution in [3.8, 4) is 0 Å². The highest BCUT2D eigenvalue weighted by molar-refractivity contribution is 5.90. The lowest BCUT2D eigenvalue weighted by Crippen LogP contribution is -2.14. The molecule has 0 spiro atoms. The molecule has 0 fully saturated rings. The maximum Gasteiger partial charge on any atom is 0.224 e. The van der Waals surface area contributed by atoms with Gasteiger partial charge in [-0.1, -0.05) is 45.9 Å². The molecule has 1 aromatic heterocycles. The van der Waals surface area contributed by atoms with Crippen LogP contribution in [-0.2, 0) is 10.2 Å². The van der Waals surface area contributed by atoms with Crippen LogP contribution in [0.2, 0.25) is 0 Å². The Morgan fingerprint density at radius 2 is 1.86 bits per heavy atom. The number of rotatable bonds is 4. The minimum absolute atomic E-state index is 0.0133. The third-order valence-corrected chi connectivity index (χ3v) is 3.37. The van der Waals surface area contributed by atoms with E-state index >= 15 is 0 Å². The van der Waals surface area contributed by atoms with E-state index in [1.807, 2.05) is 31.2 Å². The van der Waals surface area contributed by atoms with E-state index in [1.54, 1.807) is 6.20 Å². The Balaban J connectivity index is 2.17. The third kappa shape index (κ3) is 4.07. The van der Waals surface area contributed by atoms with Crippen molar-refractivity contribution in [1.29, 1.82) is 0 Å². The fourth-order valence-electron chi connectivity index (χ4n) is 2.18. The summed E-state index contributed by atoms with van der Waals surface area (Å²) in [6.45, 7) is 8.38. The maximum atomic E-state index is 11.4. The number of anilines is 3. The number of benzene rings is 1. The van der Waals surface area contributed by atoms with E-state index in [-0.39, 0.29) is 11.3 Å². The van der Waals surface area contributed by atoms with Crippen LogP contribution in [0.15, 0.2) is 42.6 Å². The van der Waals surface area contributed by atoms with Gasteiger partial charge >= 0.3 is 0 Å². The number of hydrogen-bond acceptors (Lipinski definition) is 3. The predicted octanol–water partition coefficient (Wildman–Crippen LogP) is 4.47. The Kier molecular flexibility index (Phi) is 4.81. The van der Waals surface area contributed by atoms with E-state index in [9.17, 15) is 4.79 Å². The molecule has 0 saturated carbocycles. The first-order valence-corrected chi connectivity index (χ1v) is 7.52. The normalized spacial score (nSPS) is 11.1. The second-order valence-corrected chi connectivity index (χ2v) is 6.25. The average molecular weight is 297 g/mol. The summed E-state index contributed by atoms with van der Waals surface area (Å²) >= 11 is 0. The number of pyridine rings is 1. The first kappa shape index (κ1) is 16.0. The van der Waals surface area contributed by atoms with E-state index in [1.165, 1.54) is 5.56 Å². The number of carbonyl (C=O) groups excluding carboxylic acids is 1. The van der Waals surface area contributed by atoms with Crippen LogP contribution in [0.4, 0.5) is 17.2 Å². The van der Waals surface area contributed by atoms with Crippen molar-refractivity contribution in [2.45, 2.75) is 39.5 Å². The Labute approximate surface area is 132 Å². The van der Waals surface area contributed by atoms with Crippen molar-refractivity contribution < 1.29 is 4.79 Å². The minimum atomic E-state index is -0.0133. The molecule has 1 aromatic carbocycles. The molecule has 0 atom stereocenters. The van der Waals surface area contributed by atoms with Gasteiger partial charge in [0.1, 0.15) is 5.82 Å². The Hall–Kier alpha value is -2.36. The van der Waals surface area contributed by atoms with Crippen LogP contribution in [0.3, 0.4) is 0 Å². The Bertz CT molecular complexity index is 642. The van der Waals surface area contributed by atoms with E-state index in [0.717, 1.165) is 11.5 Å². The highest BCUT2D eigenvalue weighted by Gasteiger charge is 2.17. The largest absolute Gasteiger partial charge is 0.340 e. The molecule has 0 saturated heterocycles. The summed E-state index contributed by atoms with van der Waals surface area (Å²) in [6, 6.07) is 11.9. The molecule has 4 heteroatoms. The summed E-state index contributed by atoms with van der Waals surface area (Å²) in [5.41, 5.74) is 3.05. The monoisotopic (exact) mass is 297 g/mol. The van der Waals surface area contributed by atoms with Crippen molar-refractivity contribution in [2.75, 3.05) is 10.6 Å². The van der Waals surface area contributed by atoms with Crippen LogP contribution in [0.25, 0.3) is 0 Å². The highest BCUT2D eigenvalue weighted by atomic mass is 16.1. The van der Waals surface area contributed by atoms with Gasteiger partial charge in [0.05, 0.1) is 11.9 Å². The van der Waals surface area contributed by atoms with Gasteiger partial charge in [-0.05, 0) is 29.2 Å². The number of nitrogens with zero attached hydrogens (tertiary/aromatic N) is 1. The van der Waals surface area contributed by atoms with Gasteiger partial charge in [0.2, 0.25) is 5.91 Å². The predicted molar refractivity (Wildman–Crippen MR) is 91.6 cm³/mol. The van der Waals surface area contributed by atoms with Gasteiger partial charge in [0, 0.05) is 12.1 Å². The number of aromatic nitrogens is 1. The molecule has 1 heterocycles. The molecule has 0 aliphatic rings. The van der Waals surface area contributed by atoms with Crippen LogP contribution in [0, 0.1) is 0 Å². The Morgan fingerprint density at radius 3 is 2.45 bits per heavy atom. The molecule has 0 radical (unpaired) electrons. The second-order valence-electron chi connectivity index (χ2n) is 6.25. The van der Waals surface area contributed by atoms with Gasteiger partial charge in [0.15, 0.2) is 0 Å². The van der Waals surface area contributed by atoms with Gasteiger partial charge in [-0.15, -0.1) is 0 Å². The van der Waals surface area contributed by atoms with Crippen LogP contribution in [0.5, 0.6) is 0 Å². The molecular formula is C18H23N3O. The van der Waals surface area contributed by atoms with Crippen molar-refractivity contribution in [3.63, 3.8) is 0 Å². The molecule has 4 nitrogen and oxygen atoms in total. The van der Waals surface area contributed by atoms with Crippen molar-refractivity contribution in [2.24, 2.45) is 0 Å². The molecular weight excluding hydrogens is 274 g/mol. The summed E-state index contributed by atoms with van der Waals surface area (Å²) in [5.74, 6) is 0.742. The maximum absolute atomic E-state index is 11.4. The molecule has 2 aromatic rings. The topological polar surface area (TPSA) is 54.0 Å². The van der Waals surface area contributed by atoms with Crippen molar-refractivity contribution >= 4 is 23.1 Å². The lowest BCUT2D eigenvalue weighted by atomic mass is 9.86. The van der Waals surface area contributed by atoms with Crippen LogP contribution < -0.4 is 10.6 Å². The zero-order valence-corrected chi connectivity index (χ0v) is 13.6. The molecule has 0 unspecified atom stereocenters. The van der Waals surface area contributed by atoms with Gasteiger partial charge < -0.3 is 10.6 Å². The van der Waals surface area contributed by atoms with Crippen LogP contribution in [0.1, 0.15) is 39.7 Å². The standard InChI is InChI=1S/C18H23N3O/c1-5-17(22)20-13-10-11-16(19-12-13)21-15-9-7-6-8-14(15)18(2,3)4/h6-12H,5H2,1-4H3,(H,19,21)(H,20,22). The number of nitrogens with one attached hydrogen (secondary N) is 2. The fourth-order valence-corrected chi connectivity index (χ4v) is 2.18. The Morgan fingerprint density at radius 1 is 1.14 bits per heavy atom. The fraction of sp³-hybridized carbons (Fsp3) is 0.333. The van der Waals surface area contributed by atoms with E-state index in [4.69, 9.17) is 0 Å². The van der Waals surface area contributed by atoms with E-state index in [0.29, 0.717) is 12.1 Å². The second kappa shape index (κ2) is 6.60. The van der Waals surface area contributed by atoms with Gasteiger partial charge in [-0.25, -0.2) is 4.98 Å². The summed E-state index contributed by atoms with van der Waals surface area (Å²) in [7, 11) is 0. The zero-order valence-electron chi connectivity index (χ0n) is 13.6. The summed E-state index contributed by atoms with van der Waals surface area (Å²) in [6.07, 6.45) is 2.12. The zero-order chi connectivity index (χ0) is 16.2. The summed E-state index contributed by atoms with van der Waals surface area (Å²) in [5, 5.41) is 6.14. The summed E-state index contributed by atoms with van der Waals surface area (Å²) < 4.78 is 0. The molecule has 2 N–H and O–H groups in total. The van der Waals surface area contributed by atoms with Crippen LogP contribution >= 0.6 is 0 Å². The molecule has 2 rings (SSSR count). The minimum Gasteiger partial charge on any atom is -0.340 e. The highest BCUT2D eigenvalue weighted by Crippen LogP contribution is 2.30. The molecule has 1 amide bonds. The molecule has 22 heavy (non-hydrogen) atoms. The lowest BCUT2D eigenvalue weighted by molar-refractivity contribution is -0.115. The molecule has 0 aliphatic carbocycles. The van der Waals surface area contributed by atoms with Crippen molar-refractivity contribution in [1.82, 2.24) is 4.98 Å². The summed E-state index contributed by atoms with van der Waals surface area (Å²) in [4.78, 5) is 15.7. The SMILES string of the molecule is CCC(=O)Nc1ccc(Nc2ccccc2C(C)(C)C)nc1. The van der Waals surface area contributed by atoms with E-state index in [2.05, 4.69) is 48.5 Å². The average Bonchev–Trinajstić information content (AvgIpc) is 2.48. The number of hydrogen-bond donors (Lipinski definition) is 2. The lowest BCUT2D eigenvalue weighted by Gasteiger charge is -2.23. The molecule has 0 bridgehead atoms. The number of carbonyl (C=O) groups is 1. The van der Waals surface area contributed by atoms with Crippen molar-refractivity contribution in [3.05, 3.63) is 48.2 Å². The number of amides is 1. The van der Waals surface area contributed by atoms with Crippen LogP contribution in [-0.4, -0.2) is 10.9 Å². The first-order chi connectivity index (χ1) is 10.4. The number of para-hydroxylation sites is 1. The van der Waals surface area contributed by atoms with Gasteiger partial charge in [-0.3, -0.25) is 4.79 Å². The molecule has 0 aliphatic heterocycles. The van der Waals surface area contributed by atoms with Gasteiger partial charge in [0.25, 0.3) is 0 Å². The van der Waals surface area contributed by atoms with Gasteiger partial charge in [-0.2, -0.15) is 0 Å². The smallest absolute Gasteiger partial charge is 0.224 e.